The third kappa shape index (κ3) is 3.66. The molecule has 17 heavy (non-hydrogen) atoms. The Hall–Kier alpha value is -0.640. The van der Waals surface area contributed by atoms with Gasteiger partial charge in [0.2, 0.25) is 0 Å². The Balaban J connectivity index is 2.88. The van der Waals surface area contributed by atoms with Gasteiger partial charge in [0.1, 0.15) is 0 Å². The van der Waals surface area contributed by atoms with Crippen LogP contribution < -0.4 is 5.73 Å². The van der Waals surface area contributed by atoms with Gasteiger partial charge in [0.15, 0.2) is 0 Å². The molecule has 0 amide bonds. The lowest BCUT2D eigenvalue weighted by Crippen LogP contribution is -2.42. The quantitative estimate of drug-likeness (QED) is 0.832. The lowest BCUT2D eigenvalue weighted by Gasteiger charge is -2.32. The maximum Gasteiger partial charge on any atom is 0.0901 e. The fraction of sp³-hybridized carbons (Fsp3) is 0.462. The number of halogens is 1. The molecule has 0 aliphatic carbocycles. The summed E-state index contributed by atoms with van der Waals surface area (Å²) in [5, 5.41) is 0.756. The minimum Gasteiger partial charge on any atom is -0.392 e. The Morgan fingerprint density at radius 1 is 1.53 bits per heavy atom. The molecule has 2 unspecified atom stereocenters. The van der Waals surface area contributed by atoms with E-state index in [0.717, 1.165) is 11.4 Å². The molecule has 2 atom stereocenters. The van der Waals surface area contributed by atoms with Crippen molar-refractivity contribution in [2.75, 3.05) is 7.05 Å². The molecule has 0 radical (unpaired) electrons. The Morgan fingerprint density at radius 3 is 2.65 bits per heavy atom. The zero-order valence-electron chi connectivity index (χ0n) is 10.5. The van der Waals surface area contributed by atoms with Crippen molar-refractivity contribution in [3.8, 4) is 0 Å². The van der Waals surface area contributed by atoms with Gasteiger partial charge in [-0.25, -0.2) is 0 Å². The van der Waals surface area contributed by atoms with E-state index >= 15 is 0 Å². The molecule has 0 fully saturated rings. The minimum atomic E-state index is 0.124. The van der Waals surface area contributed by atoms with Crippen LogP contribution >= 0.6 is 23.8 Å². The Bertz CT molecular complexity index is 395. The van der Waals surface area contributed by atoms with Crippen LogP contribution in [0.5, 0.6) is 0 Å². The first-order chi connectivity index (χ1) is 7.97. The van der Waals surface area contributed by atoms with Crippen LogP contribution in [0.15, 0.2) is 24.3 Å². The van der Waals surface area contributed by atoms with Gasteiger partial charge in [-0.2, -0.15) is 0 Å². The highest BCUT2D eigenvalue weighted by atomic mass is 35.5. The Labute approximate surface area is 114 Å². The highest BCUT2D eigenvalue weighted by Gasteiger charge is 2.21. The second kappa shape index (κ2) is 6.34. The molecule has 1 aromatic carbocycles. The smallest absolute Gasteiger partial charge is 0.0901 e. The first-order valence-corrected chi connectivity index (χ1v) is 6.52. The molecule has 0 aliphatic rings. The van der Waals surface area contributed by atoms with Crippen molar-refractivity contribution in [2.45, 2.75) is 32.4 Å². The molecule has 2 nitrogen and oxygen atoms in total. The molecule has 0 spiro atoms. The number of hydrogen-bond acceptors (Lipinski definition) is 2. The van der Waals surface area contributed by atoms with Crippen molar-refractivity contribution < 1.29 is 0 Å². The van der Waals surface area contributed by atoms with Gasteiger partial charge in [0, 0.05) is 11.1 Å². The lowest BCUT2D eigenvalue weighted by molar-refractivity contribution is 0.226. The molecule has 94 valence electrons. The van der Waals surface area contributed by atoms with Gasteiger partial charge in [-0.05, 0) is 38.1 Å². The summed E-state index contributed by atoms with van der Waals surface area (Å²) in [6.07, 6.45) is 0.913. The zero-order chi connectivity index (χ0) is 13.0. The molecule has 0 aliphatic heterocycles. The largest absolute Gasteiger partial charge is 0.392 e. The molecule has 0 aromatic heterocycles. The fourth-order valence-electron chi connectivity index (χ4n) is 1.96. The number of rotatable bonds is 5. The van der Waals surface area contributed by atoms with E-state index in [1.54, 1.807) is 0 Å². The maximum atomic E-state index is 6.00. The average Bonchev–Trinajstić information content (AvgIpc) is 2.28. The van der Waals surface area contributed by atoms with E-state index in [1.165, 1.54) is 5.56 Å². The van der Waals surface area contributed by atoms with Crippen molar-refractivity contribution in [1.82, 2.24) is 4.90 Å². The highest BCUT2D eigenvalue weighted by Crippen LogP contribution is 2.24. The van der Waals surface area contributed by atoms with E-state index in [0.29, 0.717) is 4.99 Å². The number of thiocarbonyl (C=S) groups is 1. The van der Waals surface area contributed by atoms with E-state index < -0.39 is 0 Å². The Morgan fingerprint density at radius 2 is 2.18 bits per heavy atom. The summed E-state index contributed by atoms with van der Waals surface area (Å²) in [5.74, 6) is 0. The van der Waals surface area contributed by atoms with Crippen LogP contribution in [-0.2, 0) is 0 Å². The molecule has 0 heterocycles. The Kier molecular flexibility index (Phi) is 5.37. The minimum absolute atomic E-state index is 0.124. The van der Waals surface area contributed by atoms with E-state index in [9.17, 15) is 0 Å². The monoisotopic (exact) mass is 270 g/mol. The summed E-state index contributed by atoms with van der Waals surface area (Å²) in [7, 11) is 2.04. The maximum absolute atomic E-state index is 6.00. The third-order valence-corrected chi connectivity index (χ3v) is 3.66. The van der Waals surface area contributed by atoms with Crippen LogP contribution in [0.1, 0.15) is 31.9 Å². The molecule has 4 heteroatoms. The van der Waals surface area contributed by atoms with Crippen LogP contribution in [0, 0.1) is 0 Å². The number of nitrogens with two attached hydrogens (primary N) is 1. The summed E-state index contributed by atoms with van der Waals surface area (Å²) in [6, 6.07) is 8.25. The van der Waals surface area contributed by atoms with Crippen molar-refractivity contribution >= 4 is 28.8 Å². The normalized spacial score (nSPS) is 14.6. The van der Waals surface area contributed by atoms with Crippen molar-refractivity contribution in [3.05, 3.63) is 34.9 Å². The van der Waals surface area contributed by atoms with Crippen molar-refractivity contribution in [2.24, 2.45) is 5.73 Å². The van der Waals surface area contributed by atoms with Crippen LogP contribution in [0.4, 0.5) is 0 Å². The van der Waals surface area contributed by atoms with E-state index in [4.69, 9.17) is 29.6 Å². The molecule has 1 aromatic rings. The van der Waals surface area contributed by atoms with Crippen LogP contribution in [0.25, 0.3) is 0 Å². The molecule has 2 N–H and O–H groups in total. The lowest BCUT2D eigenvalue weighted by atomic mass is 10.0. The average molecular weight is 271 g/mol. The summed E-state index contributed by atoms with van der Waals surface area (Å²) >= 11 is 11.1. The summed E-state index contributed by atoms with van der Waals surface area (Å²) in [6.45, 7) is 4.22. The topological polar surface area (TPSA) is 29.3 Å². The van der Waals surface area contributed by atoms with Gasteiger partial charge in [-0.15, -0.1) is 0 Å². The van der Waals surface area contributed by atoms with Gasteiger partial charge in [-0.1, -0.05) is 42.9 Å². The molecule has 0 bridgehead atoms. The molecule has 0 saturated carbocycles. The zero-order valence-corrected chi connectivity index (χ0v) is 12.1. The number of benzene rings is 1. The number of nitrogens with zero attached hydrogens (tertiary/aromatic N) is 1. The first kappa shape index (κ1) is 14.4. The van der Waals surface area contributed by atoms with Gasteiger partial charge >= 0.3 is 0 Å². The molecule has 1 rings (SSSR count). The summed E-state index contributed by atoms with van der Waals surface area (Å²) < 4.78 is 0. The first-order valence-electron chi connectivity index (χ1n) is 5.74. The standard InChI is InChI=1S/C13H19ClN2S/c1-4-12(13(15)17)16(3)9(2)10-6-5-7-11(14)8-10/h5-9,12H,4H2,1-3H3,(H2,15,17). The van der Waals surface area contributed by atoms with Gasteiger partial charge in [-0.3, -0.25) is 4.90 Å². The highest BCUT2D eigenvalue weighted by molar-refractivity contribution is 7.80. The van der Waals surface area contributed by atoms with E-state index in [2.05, 4.69) is 24.8 Å². The van der Waals surface area contributed by atoms with Crippen LogP contribution in [0.3, 0.4) is 0 Å². The van der Waals surface area contributed by atoms with Gasteiger partial charge in [0.25, 0.3) is 0 Å². The molecular formula is C13H19ClN2S. The fourth-order valence-corrected chi connectivity index (χ4v) is 2.49. The second-order valence-electron chi connectivity index (χ2n) is 4.22. The summed E-state index contributed by atoms with van der Waals surface area (Å²) in [5.41, 5.74) is 6.93. The van der Waals surface area contributed by atoms with Crippen molar-refractivity contribution in [3.63, 3.8) is 0 Å². The second-order valence-corrected chi connectivity index (χ2v) is 5.13. The van der Waals surface area contributed by atoms with Crippen LogP contribution in [0.2, 0.25) is 5.02 Å². The SMILES string of the molecule is CCC(C(N)=S)N(C)C(C)c1cccc(Cl)c1. The van der Waals surface area contributed by atoms with Gasteiger partial charge in [0.05, 0.1) is 11.0 Å². The predicted octanol–water partition coefficient (Wildman–Crippen LogP) is 3.40. The summed E-state index contributed by atoms with van der Waals surface area (Å²) in [4.78, 5) is 2.73. The van der Waals surface area contributed by atoms with E-state index in [1.807, 2.05) is 25.2 Å². The number of hydrogen-bond donors (Lipinski definition) is 1. The van der Waals surface area contributed by atoms with Crippen LogP contribution in [-0.4, -0.2) is 23.0 Å². The van der Waals surface area contributed by atoms with Crippen molar-refractivity contribution in [1.29, 1.82) is 0 Å². The molecular weight excluding hydrogens is 252 g/mol. The van der Waals surface area contributed by atoms with E-state index in [-0.39, 0.29) is 12.1 Å². The van der Waals surface area contributed by atoms with Gasteiger partial charge < -0.3 is 5.73 Å². The third-order valence-electron chi connectivity index (χ3n) is 3.15. The molecule has 0 saturated heterocycles. The predicted molar refractivity (Wildman–Crippen MR) is 78.5 cm³/mol. The number of likely N-dealkylation sites (N-methyl/N-ethyl adjacent to an activating group) is 1.